The smallest absolute Gasteiger partial charge is 0.251 e. The molecule has 0 radical (unpaired) electrons. The maximum atomic E-state index is 11.8. The van der Waals surface area contributed by atoms with Gasteiger partial charge < -0.3 is 26.4 Å². The summed E-state index contributed by atoms with van der Waals surface area (Å²) >= 11 is 0. The van der Waals surface area contributed by atoms with Crippen LogP contribution in [0.4, 0.5) is 5.69 Å². The zero-order valence-corrected chi connectivity index (χ0v) is 16.7. The maximum absolute atomic E-state index is 11.8. The maximum Gasteiger partial charge on any atom is 0.251 e. The Balaban J connectivity index is 1.41. The van der Waals surface area contributed by atoms with Gasteiger partial charge in [-0.15, -0.1) is 0 Å². The van der Waals surface area contributed by atoms with Gasteiger partial charge in [0.05, 0.1) is 12.7 Å². The van der Waals surface area contributed by atoms with Crippen LogP contribution in [0.15, 0.2) is 42.5 Å². The molecular weight excluding hydrogens is 368 g/mol. The van der Waals surface area contributed by atoms with Crippen molar-refractivity contribution in [2.24, 2.45) is 5.73 Å². The summed E-state index contributed by atoms with van der Waals surface area (Å²) in [7, 11) is 1.64. The van der Waals surface area contributed by atoms with Crippen LogP contribution < -0.4 is 21.7 Å². The number of hydrogen-bond acceptors (Lipinski definition) is 5. The normalized spacial score (nSPS) is 15.4. The summed E-state index contributed by atoms with van der Waals surface area (Å²) < 4.78 is 5.94. The van der Waals surface area contributed by atoms with Crippen LogP contribution in [0.3, 0.4) is 0 Å². The van der Waals surface area contributed by atoms with E-state index in [2.05, 4.69) is 16.0 Å². The number of nitrogens with one attached hydrogen (secondary N) is 3. The minimum Gasteiger partial charge on any atom is -0.384 e. The molecule has 7 heteroatoms. The van der Waals surface area contributed by atoms with Crippen LogP contribution in [0, 0.1) is 0 Å². The van der Waals surface area contributed by atoms with Gasteiger partial charge in [0.25, 0.3) is 5.91 Å². The Morgan fingerprint density at radius 1 is 1.07 bits per heavy atom. The highest BCUT2D eigenvalue weighted by Crippen LogP contribution is 2.30. The average molecular weight is 396 g/mol. The van der Waals surface area contributed by atoms with Crippen LogP contribution in [-0.2, 0) is 11.2 Å². The molecule has 0 fully saturated rings. The predicted octanol–water partition coefficient (Wildman–Crippen LogP) is 1.85. The van der Waals surface area contributed by atoms with Crippen molar-refractivity contribution in [1.29, 1.82) is 0 Å². The fourth-order valence-corrected chi connectivity index (χ4v) is 3.47. The van der Waals surface area contributed by atoms with E-state index in [1.165, 1.54) is 11.1 Å². The van der Waals surface area contributed by atoms with Crippen LogP contribution in [-0.4, -0.2) is 45.1 Å². The van der Waals surface area contributed by atoms with Crippen molar-refractivity contribution < 1.29 is 14.3 Å². The van der Waals surface area contributed by atoms with Crippen LogP contribution in [0.25, 0.3) is 0 Å². The van der Waals surface area contributed by atoms with E-state index in [-0.39, 0.29) is 12.0 Å². The predicted molar refractivity (Wildman–Crippen MR) is 113 cm³/mol. The molecule has 154 valence electrons. The number of hydrogen-bond donors (Lipinski definition) is 4. The summed E-state index contributed by atoms with van der Waals surface area (Å²) in [5, 5.41) is 9.39. The van der Waals surface area contributed by atoms with Gasteiger partial charge in [-0.25, -0.2) is 0 Å². The van der Waals surface area contributed by atoms with E-state index in [9.17, 15) is 9.59 Å². The molecule has 2 aromatic carbocycles. The molecule has 1 atom stereocenters. The summed E-state index contributed by atoms with van der Waals surface area (Å²) in [5.74, 6) is -0.483. The largest absolute Gasteiger partial charge is 0.384 e. The van der Waals surface area contributed by atoms with Gasteiger partial charge >= 0.3 is 0 Å². The number of benzene rings is 2. The van der Waals surface area contributed by atoms with Gasteiger partial charge in [-0.2, -0.15) is 0 Å². The molecule has 29 heavy (non-hydrogen) atoms. The van der Waals surface area contributed by atoms with E-state index in [1.807, 2.05) is 30.3 Å². The molecule has 0 unspecified atom stereocenters. The highest BCUT2D eigenvalue weighted by Gasteiger charge is 2.21. The highest BCUT2D eigenvalue weighted by atomic mass is 16.5. The van der Waals surface area contributed by atoms with E-state index in [0.717, 1.165) is 38.2 Å². The van der Waals surface area contributed by atoms with Gasteiger partial charge in [-0.05, 0) is 66.9 Å². The number of fused-ring (bicyclic) bond motifs is 1. The summed E-state index contributed by atoms with van der Waals surface area (Å²) in [6.07, 6.45) is 1.77. The third kappa shape index (κ3) is 5.56. The lowest BCUT2D eigenvalue weighted by atomic mass is 9.93. The summed E-state index contributed by atoms with van der Waals surface area (Å²) in [6.45, 7) is 3.10. The van der Waals surface area contributed by atoms with Gasteiger partial charge in [0.15, 0.2) is 0 Å². The van der Waals surface area contributed by atoms with Crippen molar-refractivity contribution in [2.45, 2.75) is 18.9 Å². The number of carbonyl (C=O) groups is 2. The first-order valence-electron chi connectivity index (χ1n) is 9.89. The number of anilines is 1. The second kappa shape index (κ2) is 10.0. The van der Waals surface area contributed by atoms with Crippen LogP contribution in [0.2, 0.25) is 0 Å². The SMILES string of the molecule is CNC(=O)c1ccc2c(c1)CCO[C@@H]2CCNCCNc1ccc(C(N)=O)cc1. The molecule has 1 heterocycles. The number of nitrogens with two attached hydrogens (primary N) is 1. The number of ether oxygens (including phenoxy) is 1. The monoisotopic (exact) mass is 396 g/mol. The minimum atomic E-state index is -0.422. The third-order valence-corrected chi connectivity index (χ3v) is 5.05. The fraction of sp³-hybridized carbons (Fsp3) is 0.364. The first kappa shape index (κ1) is 20.8. The highest BCUT2D eigenvalue weighted by molar-refractivity contribution is 5.94. The lowest BCUT2D eigenvalue weighted by Crippen LogP contribution is -2.26. The second-order valence-corrected chi connectivity index (χ2v) is 7.01. The lowest BCUT2D eigenvalue weighted by Gasteiger charge is -2.26. The van der Waals surface area contributed by atoms with E-state index in [1.54, 1.807) is 19.2 Å². The summed E-state index contributed by atoms with van der Waals surface area (Å²) in [5.41, 5.74) is 9.77. The van der Waals surface area contributed by atoms with Crippen molar-refractivity contribution in [3.05, 3.63) is 64.7 Å². The Morgan fingerprint density at radius 3 is 2.55 bits per heavy atom. The lowest BCUT2D eigenvalue weighted by molar-refractivity contribution is 0.0368. The number of carbonyl (C=O) groups excluding carboxylic acids is 2. The minimum absolute atomic E-state index is 0.0549. The molecule has 0 saturated heterocycles. The molecule has 0 aromatic heterocycles. The average Bonchev–Trinajstić information content (AvgIpc) is 2.75. The molecule has 0 bridgehead atoms. The molecule has 0 saturated carbocycles. The van der Waals surface area contributed by atoms with Crippen LogP contribution in [0.1, 0.15) is 44.4 Å². The van der Waals surface area contributed by atoms with Crippen molar-refractivity contribution in [1.82, 2.24) is 10.6 Å². The third-order valence-electron chi connectivity index (χ3n) is 5.05. The zero-order valence-electron chi connectivity index (χ0n) is 16.7. The zero-order chi connectivity index (χ0) is 20.6. The van der Waals surface area contributed by atoms with E-state index >= 15 is 0 Å². The molecule has 7 nitrogen and oxygen atoms in total. The first-order chi connectivity index (χ1) is 14.1. The second-order valence-electron chi connectivity index (χ2n) is 7.01. The van der Waals surface area contributed by atoms with E-state index in [4.69, 9.17) is 10.5 Å². The molecule has 2 aromatic rings. The molecule has 1 aliphatic rings. The van der Waals surface area contributed by atoms with E-state index in [0.29, 0.717) is 17.7 Å². The number of amides is 2. The molecule has 5 N–H and O–H groups in total. The summed E-state index contributed by atoms with van der Waals surface area (Å²) in [6, 6.07) is 13.0. The molecule has 0 spiro atoms. The first-order valence-corrected chi connectivity index (χ1v) is 9.89. The molecule has 2 amide bonds. The van der Waals surface area contributed by atoms with Crippen molar-refractivity contribution in [2.75, 3.05) is 38.6 Å². The van der Waals surface area contributed by atoms with Crippen molar-refractivity contribution in [3.8, 4) is 0 Å². The molecule has 1 aliphatic heterocycles. The fourth-order valence-electron chi connectivity index (χ4n) is 3.47. The van der Waals surface area contributed by atoms with Crippen LogP contribution in [0.5, 0.6) is 0 Å². The van der Waals surface area contributed by atoms with Gasteiger partial charge in [0.2, 0.25) is 5.91 Å². The Hall–Kier alpha value is -2.90. The molecule has 0 aliphatic carbocycles. The van der Waals surface area contributed by atoms with Gasteiger partial charge in [0, 0.05) is 37.0 Å². The Bertz CT molecular complexity index is 852. The molecular formula is C22H28N4O3. The van der Waals surface area contributed by atoms with Crippen LogP contribution >= 0.6 is 0 Å². The summed E-state index contributed by atoms with van der Waals surface area (Å²) in [4.78, 5) is 22.9. The van der Waals surface area contributed by atoms with Gasteiger partial charge in [-0.1, -0.05) is 6.07 Å². The number of primary amides is 1. The standard InChI is InChI=1S/C22H28N4O3/c1-24-22(28)17-4-7-19-16(14-17)9-13-29-20(19)8-10-25-11-12-26-18-5-2-15(3-6-18)21(23)27/h2-7,14,20,25-26H,8-13H2,1H3,(H2,23,27)(H,24,28)/t20-/m1/s1. The van der Waals surface area contributed by atoms with Gasteiger partial charge in [-0.3, -0.25) is 9.59 Å². The number of rotatable bonds is 9. The van der Waals surface area contributed by atoms with E-state index < -0.39 is 5.91 Å². The Kier molecular flexibility index (Phi) is 7.21. The Morgan fingerprint density at radius 2 is 1.83 bits per heavy atom. The van der Waals surface area contributed by atoms with Crippen molar-refractivity contribution >= 4 is 17.5 Å². The quantitative estimate of drug-likeness (QED) is 0.484. The van der Waals surface area contributed by atoms with Gasteiger partial charge in [0.1, 0.15) is 0 Å². The van der Waals surface area contributed by atoms with Crippen molar-refractivity contribution in [3.63, 3.8) is 0 Å². The topological polar surface area (TPSA) is 105 Å². The molecule has 3 rings (SSSR count). The Labute approximate surface area is 171 Å².